The summed E-state index contributed by atoms with van der Waals surface area (Å²) in [6.45, 7) is 7.98. The fourth-order valence-electron chi connectivity index (χ4n) is 0.901. The Kier molecular flexibility index (Phi) is 3.86. The summed E-state index contributed by atoms with van der Waals surface area (Å²) >= 11 is 0. The van der Waals surface area contributed by atoms with Gasteiger partial charge in [0.05, 0.1) is 0 Å². The third kappa shape index (κ3) is 4.07. The molecule has 0 saturated carbocycles. The number of rotatable bonds is 2. The lowest BCUT2D eigenvalue weighted by Gasteiger charge is -2.20. The van der Waals surface area contributed by atoms with Crippen LogP contribution in [0.3, 0.4) is 0 Å². The van der Waals surface area contributed by atoms with Gasteiger partial charge in [0.2, 0.25) is 0 Å². The number of nitrogens with one attached hydrogen (secondary N) is 1. The van der Waals surface area contributed by atoms with Gasteiger partial charge in [0.15, 0.2) is 0 Å². The van der Waals surface area contributed by atoms with E-state index in [2.05, 4.69) is 0 Å². The standard InChI is InChI=1S/C10H17NO3/c1-6(11)8(7(2)12)9(13)14-10(3,4)5/h11-12H,1-5H3. The van der Waals surface area contributed by atoms with Crippen LogP contribution >= 0.6 is 0 Å². The van der Waals surface area contributed by atoms with E-state index in [-0.39, 0.29) is 17.0 Å². The number of aliphatic hydroxyl groups is 1. The smallest absolute Gasteiger partial charge is 0.343 e. The van der Waals surface area contributed by atoms with Crippen molar-refractivity contribution in [2.45, 2.75) is 40.2 Å². The number of esters is 1. The van der Waals surface area contributed by atoms with E-state index in [4.69, 9.17) is 10.1 Å². The molecule has 0 bridgehead atoms. The summed E-state index contributed by atoms with van der Waals surface area (Å²) in [6.07, 6.45) is 0. The van der Waals surface area contributed by atoms with E-state index in [1.54, 1.807) is 20.8 Å². The quantitative estimate of drug-likeness (QED) is 0.310. The lowest BCUT2D eigenvalue weighted by molar-refractivity contribution is -0.149. The average Bonchev–Trinajstić information content (AvgIpc) is 1.78. The molecule has 14 heavy (non-hydrogen) atoms. The summed E-state index contributed by atoms with van der Waals surface area (Å²) in [4.78, 5) is 11.5. The minimum atomic E-state index is -0.662. The van der Waals surface area contributed by atoms with Crippen LogP contribution in [0.5, 0.6) is 0 Å². The Labute approximate surface area is 84.1 Å². The molecule has 0 heterocycles. The normalized spacial score (nSPS) is 13.2. The highest BCUT2D eigenvalue weighted by Crippen LogP contribution is 2.13. The molecule has 0 aliphatic heterocycles. The highest BCUT2D eigenvalue weighted by atomic mass is 16.6. The molecule has 0 unspecified atom stereocenters. The zero-order valence-electron chi connectivity index (χ0n) is 9.26. The molecule has 80 valence electrons. The van der Waals surface area contributed by atoms with Gasteiger partial charge in [-0.05, 0) is 34.6 Å². The van der Waals surface area contributed by atoms with Crippen LogP contribution < -0.4 is 0 Å². The van der Waals surface area contributed by atoms with Gasteiger partial charge in [0, 0.05) is 5.71 Å². The van der Waals surface area contributed by atoms with Crippen LogP contribution in [0.25, 0.3) is 0 Å². The molecule has 0 aromatic carbocycles. The van der Waals surface area contributed by atoms with Gasteiger partial charge in [-0.3, -0.25) is 0 Å². The minimum Gasteiger partial charge on any atom is -0.512 e. The number of hydrogen-bond donors (Lipinski definition) is 2. The summed E-state index contributed by atoms with van der Waals surface area (Å²) < 4.78 is 5.02. The first-order valence-corrected chi connectivity index (χ1v) is 4.34. The van der Waals surface area contributed by atoms with Gasteiger partial charge < -0.3 is 15.3 Å². The van der Waals surface area contributed by atoms with Crippen molar-refractivity contribution in [1.82, 2.24) is 0 Å². The molecule has 2 N–H and O–H groups in total. The molecule has 0 fully saturated rings. The number of ether oxygens (including phenoxy) is 1. The zero-order valence-corrected chi connectivity index (χ0v) is 9.26. The number of hydrogen-bond acceptors (Lipinski definition) is 4. The Hall–Kier alpha value is -1.32. The highest BCUT2D eigenvalue weighted by Gasteiger charge is 2.22. The summed E-state index contributed by atoms with van der Waals surface area (Å²) in [5.41, 5.74) is -0.688. The van der Waals surface area contributed by atoms with Crippen molar-refractivity contribution < 1.29 is 14.6 Å². The summed E-state index contributed by atoms with van der Waals surface area (Å²) in [7, 11) is 0. The Morgan fingerprint density at radius 1 is 1.29 bits per heavy atom. The molecule has 0 aromatic heterocycles. The van der Waals surface area contributed by atoms with Gasteiger partial charge in [-0.15, -0.1) is 0 Å². The van der Waals surface area contributed by atoms with E-state index >= 15 is 0 Å². The van der Waals surface area contributed by atoms with E-state index < -0.39 is 11.6 Å². The van der Waals surface area contributed by atoms with Gasteiger partial charge in [-0.25, -0.2) is 4.79 Å². The first-order valence-electron chi connectivity index (χ1n) is 4.34. The van der Waals surface area contributed by atoms with Crippen LogP contribution in [0.2, 0.25) is 0 Å². The molecular formula is C10H17NO3. The Balaban J connectivity index is 4.84. The van der Waals surface area contributed by atoms with Crippen molar-refractivity contribution in [3.63, 3.8) is 0 Å². The molecule has 4 nitrogen and oxygen atoms in total. The molecule has 0 spiro atoms. The van der Waals surface area contributed by atoms with E-state index in [9.17, 15) is 9.90 Å². The largest absolute Gasteiger partial charge is 0.512 e. The van der Waals surface area contributed by atoms with Crippen LogP contribution in [-0.4, -0.2) is 22.4 Å². The van der Waals surface area contributed by atoms with Crippen LogP contribution in [0.15, 0.2) is 11.3 Å². The predicted molar refractivity (Wildman–Crippen MR) is 54.6 cm³/mol. The Morgan fingerprint density at radius 3 is 1.93 bits per heavy atom. The first-order chi connectivity index (χ1) is 6.15. The van der Waals surface area contributed by atoms with Crippen molar-refractivity contribution >= 4 is 11.7 Å². The maximum Gasteiger partial charge on any atom is 0.343 e. The topological polar surface area (TPSA) is 70.4 Å². The second-order valence-corrected chi connectivity index (χ2v) is 4.09. The van der Waals surface area contributed by atoms with Crippen molar-refractivity contribution in [3.8, 4) is 0 Å². The number of allylic oxidation sites excluding steroid dienone is 1. The average molecular weight is 199 g/mol. The minimum absolute atomic E-state index is 0.000694. The van der Waals surface area contributed by atoms with Crippen LogP contribution in [0.4, 0.5) is 0 Å². The van der Waals surface area contributed by atoms with Gasteiger partial charge in [-0.2, -0.15) is 0 Å². The maximum absolute atomic E-state index is 11.5. The van der Waals surface area contributed by atoms with Gasteiger partial charge in [-0.1, -0.05) is 0 Å². The van der Waals surface area contributed by atoms with E-state index in [1.165, 1.54) is 13.8 Å². The third-order valence-electron chi connectivity index (χ3n) is 1.34. The zero-order chi connectivity index (χ0) is 11.5. The molecule has 0 atom stereocenters. The molecule has 0 rings (SSSR count). The van der Waals surface area contributed by atoms with Crippen molar-refractivity contribution in [1.29, 1.82) is 5.41 Å². The van der Waals surface area contributed by atoms with Gasteiger partial charge >= 0.3 is 5.97 Å². The molecule has 0 aromatic rings. The van der Waals surface area contributed by atoms with Crippen molar-refractivity contribution in [2.24, 2.45) is 0 Å². The molecule has 0 saturated heterocycles. The molecule has 0 amide bonds. The Bertz CT molecular complexity index is 280. The summed E-state index contributed by atoms with van der Waals surface area (Å²) in [6, 6.07) is 0. The van der Waals surface area contributed by atoms with Crippen LogP contribution in [0.1, 0.15) is 34.6 Å². The Morgan fingerprint density at radius 2 is 1.71 bits per heavy atom. The number of aliphatic hydroxyl groups excluding tert-OH is 1. The fraction of sp³-hybridized carbons (Fsp3) is 0.600. The monoisotopic (exact) mass is 199 g/mol. The third-order valence-corrected chi connectivity index (χ3v) is 1.34. The highest BCUT2D eigenvalue weighted by molar-refractivity contribution is 6.17. The molecular weight excluding hydrogens is 182 g/mol. The van der Waals surface area contributed by atoms with Crippen molar-refractivity contribution in [3.05, 3.63) is 11.3 Å². The lowest BCUT2D eigenvalue weighted by Crippen LogP contribution is -2.27. The first kappa shape index (κ1) is 12.7. The van der Waals surface area contributed by atoms with Crippen molar-refractivity contribution in [2.75, 3.05) is 0 Å². The number of carbonyl (C=O) groups is 1. The summed E-state index contributed by atoms with van der Waals surface area (Å²) in [5.74, 6) is -0.850. The molecule has 0 radical (unpaired) electrons. The van der Waals surface area contributed by atoms with Gasteiger partial charge in [0.1, 0.15) is 16.9 Å². The van der Waals surface area contributed by atoms with E-state index in [1.807, 2.05) is 0 Å². The van der Waals surface area contributed by atoms with E-state index in [0.717, 1.165) is 0 Å². The van der Waals surface area contributed by atoms with Crippen LogP contribution in [0, 0.1) is 5.41 Å². The van der Waals surface area contributed by atoms with Crippen LogP contribution in [-0.2, 0) is 9.53 Å². The summed E-state index contributed by atoms with van der Waals surface area (Å²) in [5, 5.41) is 16.5. The molecule has 4 heteroatoms. The fourth-order valence-corrected chi connectivity index (χ4v) is 0.901. The predicted octanol–water partition coefficient (Wildman–Crippen LogP) is 2.20. The molecule has 0 aliphatic carbocycles. The number of carbonyl (C=O) groups excluding carboxylic acids is 1. The second kappa shape index (κ2) is 4.26. The SMILES string of the molecule is CC(=N)C(C(=O)OC(C)(C)C)=C(C)O. The second-order valence-electron chi connectivity index (χ2n) is 4.09. The maximum atomic E-state index is 11.5. The lowest BCUT2D eigenvalue weighted by atomic mass is 10.1. The van der Waals surface area contributed by atoms with E-state index in [0.29, 0.717) is 0 Å². The van der Waals surface area contributed by atoms with Gasteiger partial charge in [0.25, 0.3) is 0 Å². The molecule has 0 aliphatic rings.